The number of halogens is 1. The van der Waals surface area contributed by atoms with Gasteiger partial charge in [0, 0.05) is 11.1 Å². The first-order chi connectivity index (χ1) is 13.9. The number of nitrogens with zero attached hydrogens (tertiary/aromatic N) is 2. The molecule has 0 saturated carbocycles. The van der Waals surface area contributed by atoms with Crippen LogP contribution >= 0.6 is 11.3 Å². The number of allylic oxidation sites excluding steroid dienone is 2. The van der Waals surface area contributed by atoms with Crippen molar-refractivity contribution in [3.63, 3.8) is 0 Å². The highest BCUT2D eigenvalue weighted by molar-refractivity contribution is 7.21. The minimum Gasteiger partial charge on any atom is -0.322 e. The van der Waals surface area contributed by atoms with Crippen LogP contribution in [-0.2, 0) is 11.0 Å². The summed E-state index contributed by atoms with van der Waals surface area (Å²) in [4.78, 5) is 10.3. The first kappa shape index (κ1) is 18.2. The van der Waals surface area contributed by atoms with Crippen LogP contribution in [0.5, 0.6) is 0 Å². The second-order valence-corrected chi connectivity index (χ2v) is 9.00. The summed E-state index contributed by atoms with van der Waals surface area (Å²) in [6.07, 6.45) is 4.32. The zero-order valence-electron chi connectivity index (χ0n) is 16.2. The number of pyridine rings is 1. The van der Waals surface area contributed by atoms with Crippen LogP contribution in [0.15, 0.2) is 72.8 Å². The average molecular weight is 402 g/mol. The van der Waals surface area contributed by atoms with Gasteiger partial charge in [-0.25, -0.2) is 14.4 Å². The molecule has 0 saturated heterocycles. The molecule has 0 spiro atoms. The maximum Gasteiger partial charge on any atom is 0.144 e. The van der Waals surface area contributed by atoms with Gasteiger partial charge in [-0.15, -0.1) is 0 Å². The Morgan fingerprint density at radius 1 is 0.966 bits per heavy atom. The molecule has 5 heteroatoms. The van der Waals surface area contributed by atoms with Crippen molar-refractivity contribution in [3.8, 4) is 10.6 Å². The Hall–Kier alpha value is -2.89. The van der Waals surface area contributed by atoms with E-state index in [2.05, 4.69) is 29.3 Å². The zero-order chi connectivity index (χ0) is 20.2. The van der Waals surface area contributed by atoms with Gasteiger partial charge in [-0.1, -0.05) is 59.9 Å². The number of thiazole rings is 1. The van der Waals surface area contributed by atoms with Gasteiger partial charge in [0.15, 0.2) is 0 Å². The predicted octanol–water partition coefficient (Wildman–Crippen LogP) is 5.55. The van der Waals surface area contributed by atoms with Crippen molar-refractivity contribution >= 4 is 21.7 Å². The van der Waals surface area contributed by atoms with Crippen LogP contribution in [0.4, 0.5) is 4.39 Å². The molecule has 2 aromatic heterocycles. The molecule has 0 atom stereocenters. The number of rotatable bonds is 4. The van der Waals surface area contributed by atoms with Gasteiger partial charge in [-0.2, -0.15) is 0 Å². The quantitative estimate of drug-likeness (QED) is 0.456. The molecule has 1 aliphatic carbocycles. The highest BCUT2D eigenvalue weighted by atomic mass is 32.1. The Balaban J connectivity index is 1.54. The van der Waals surface area contributed by atoms with Crippen molar-refractivity contribution < 1.29 is 4.39 Å². The van der Waals surface area contributed by atoms with Crippen LogP contribution in [0.3, 0.4) is 0 Å². The normalized spacial score (nSPS) is 15.0. The Labute approximate surface area is 172 Å². The molecule has 0 aliphatic heterocycles. The standard InChI is InChI=1S/C24H20FN3S/c1-23(2,26)16-8-9-17(18(25)14-16)21-27-19-10-11-20(28-22(19)29-21)24(12-13-24)15-6-4-3-5-7-15/h3-14H,26H2,1-2H3. The molecule has 0 bridgehead atoms. The van der Waals surface area contributed by atoms with Gasteiger partial charge in [0.25, 0.3) is 0 Å². The van der Waals surface area contributed by atoms with Crippen LogP contribution in [0.25, 0.3) is 20.9 Å². The van der Waals surface area contributed by atoms with E-state index in [0.29, 0.717) is 10.6 Å². The molecule has 4 aromatic rings. The van der Waals surface area contributed by atoms with Gasteiger partial charge < -0.3 is 5.73 Å². The molecule has 5 rings (SSSR count). The fourth-order valence-corrected chi connectivity index (χ4v) is 4.53. The van der Waals surface area contributed by atoms with Gasteiger partial charge in [0.2, 0.25) is 0 Å². The molecular weight excluding hydrogens is 381 g/mol. The van der Waals surface area contributed by atoms with Crippen molar-refractivity contribution in [1.29, 1.82) is 0 Å². The summed E-state index contributed by atoms with van der Waals surface area (Å²) in [6, 6.07) is 19.4. The molecular formula is C24H20FN3S. The van der Waals surface area contributed by atoms with Crippen molar-refractivity contribution in [2.24, 2.45) is 5.73 Å². The third kappa shape index (κ3) is 3.07. The number of aromatic nitrogens is 2. The van der Waals surface area contributed by atoms with Crippen LogP contribution < -0.4 is 5.73 Å². The summed E-state index contributed by atoms with van der Waals surface area (Å²) >= 11 is 1.41. The van der Waals surface area contributed by atoms with Crippen LogP contribution in [0, 0.1) is 5.82 Å². The zero-order valence-corrected chi connectivity index (χ0v) is 17.0. The number of nitrogens with two attached hydrogens (primary N) is 1. The SMILES string of the molecule is CC(C)(N)c1ccc(-c2nc3ccc(C4(c5ccccc5)C=C4)nc3s2)c(F)c1. The lowest BCUT2D eigenvalue weighted by atomic mass is 9.89. The van der Waals surface area contributed by atoms with Crippen molar-refractivity contribution in [2.75, 3.05) is 0 Å². The van der Waals surface area contributed by atoms with E-state index in [1.807, 2.05) is 50.2 Å². The third-order valence-electron chi connectivity index (χ3n) is 5.37. The monoisotopic (exact) mass is 401 g/mol. The topological polar surface area (TPSA) is 51.8 Å². The summed E-state index contributed by atoms with van der Waals surface area (Å²) in [5.41, 5.74) is 9.43. The molecule has 0 amide bonds. The summed E-state index contributed by atoms with van der Waals surface area (Å²) in [7, 11) is 0. The molecule has 29 heavy (non-hydrogen) atoms. The summed E-state index contributed by atoms with van der Waals surface area (Å²) in [5.74, 6) is -0.315. The minimum absolute atomic E-state index is 0.237. The van der Waals surface area contributed by atoms with Gasteiger partial charge in [0.1, 0.15) is 21.2 Å². The van der Waals surface area contributed by atoms with E-state index in [0.717, 1.165) is 21.6 Å². The largest absolute Gasteiger partial charge is 0.322 e. The average Bonchev–Trinajstić information content (AvgIpc) is 3.41. The van der Waals surface area contributed by atoms with E-state index in [-0.39, 0.29) is 11.2 Å². The molecule has 2 heterocycles. The molecule has 0 fully saturated rings. The first-order valence-corrected chi connectivity index (χ1v) is 10.3. The van der Waals surface area contributed by atoms with Crippen molar-refractivity contribution in [3.05, 3.63) is 95.5 Å². The maximum atomic E-state index is 14.8. The van der Waals surface area contributed by atoms with Gasteiger partial charge in [0.05, 0.1) is 11.1 Å². The predicted molar refractivity (Wildman–Crippen MR) is 116 cm³/mol. The minimum atomic E-state index is -0.591. The number of hydrogen-bond donors (Lipinski definition) is 1. The molecule has 1 aliphatic rings. The van der Waals surface area contributed by atoms with E-state index in [1.165, 1.54) is 23.0 Å². The Morgan fingerprint density at radius 2 is 1.72 bits per heavy atom. The lowest BCUT2D eigenvalue weighted by Gasteiger charge is -2.19. The Kier molecular flexibility index (Phi) is 3.95. The van der Waals surface area contributed by atoms with Crippen molar-refractivity contribution in [2.45, 2.75) is 24.8 Å². The second-order valence-electron chi connectivity index (χ2n) is 8.02. The number of benzene rings is 2. The smallest absolute Gasteiger partial charge is 0.144 e. The second kappa shape index (κ2) is 6.31. The van der Waals surface area contributed by atoms with Crippen molar-refractivity contribution in [1.82, 2.24) is 9.97 Å². The highest BCUT2D eigenvalue weighted by Crippen LogP contribution is 2.45. The number of hydrogen-bond acceptors (Lipinski definition) is 4. The van der Waals surface area contributed by atoms with E-state index < -0.39 is 5.54 Å². The van der Waals surface area contributed by atoms with E-state index in [4.69, 9.17) is 10.7 Å². The molecule has 0 unspecified atom stereocenters. The fraction of sp³-hybridized carbons (Fsp3) is 0.167. The van der Waals surface area contributed by atoms with Gasteiger partial charge >= 0.3 is 0 Å². The van der Waals surface area contributed by atoms with Gasteiger partial charge in [-0.05, 0) is 49.2 Å². The van der Waals surface area contributed by atoms with E-state index >= 15 is 0 Å². The Morgan fingerprint density at radius 3 is 2.38 bits per heavy atom. The third-order valence-corrected chi connectivity index (χ3v) is 6.37. The fourth-order valence-electron chi connectivity index (χ4n) is 3.56. The lowest BCUT2D eigenvalue weighted by Crippen LogP contribution is -2.28. The lowest BCUT2D eigenvalue weighted by molar-refractivity contribution is 0.544. The summed E-state index contributed by atoms with van der Waals surface area (Å²) < 4.78 is 14.8. The van der Waals surface area contributed by atoms with Gasteiger partial charge in [-0.3, -0.25) is 0 Å². The number of fused-ring (bicyclic) bond motifs is 1. The Bertz CT molecular complexity index is 1250. The van der Waals surface area contributed by atoms with Crippen LogP contribution in [-0.4, -0.2) is 9.97 Å². The summed E-state index contributed by atoms with van der Waals surface area (Å²) in [5, 5.41) is 0.626. The molecule has 3 nitrogen and oxygen atoms in total. The first-order valence-electron chi connectivity index (χ1n) is 9.50. The van der Waals surface area contributed by atoms with E-state index in [1.54, 1.807) is 6.07 Å². The van der Waals surface area contributed by atoms with Crippen LogP contribution in [0.1, 0.15) is 30.7 Å². The molecule has 2 N–H and O–H groups in total. The molecule has 2 aromatic carbocycles. The van der Waals surface area contributed by atoms with E-state index in [9.17, 15) is 4.39 Å². The maximum absolute atomic E-state index is 14.8. The van der Waals surface area contributed by atoms with Crippen LogP contribution in [0.2, 0.25) is 0 Å². The molecule has 144 valence electrons. The summed E-state index contributed by atoms with van der Waals surface area (Å²) in [6.45, 7) is 3.72. The highest BCUT2D eigenvalue weighted by Gasteiger charge is 2.39. The molecule has 0 radical (unpaired) electrons.